The Balaban J connectivity index is 0.00000200. The molecule has 20 heavy (non-hydrogen) atoms. The Bertz CT molecular complexity index is 419. The third-order valence-corrected chi connectivity index (χ3v) is 4.07. The lowest BCUT2D eigenvalue weighted by Gasteiger charge is -2.26. The summed E-state index contributed by atoms with van der Waals surface area (Å²) in [5, 5.41) is 12.9. The lowest BCUT2D eigenvalue weighted by atomic mass is 9.85. The summed E-state index contributed by atoms with van der Waals surface area (Å²) in [6, 6.07) is 9.35. The molecular weight excluding hydrogens is 276 g/mol. The molecule has 1 aromatic rings. The maximum atomic E-state index is 12.2. The number of carbonyl (C=O) groups is 1. The normalized spacial score (nSPS) is 18.1. The number of hydrogen-bond acceptors (Lipinski definition) is 3. The molecule has 0 aromatic heterocycles. The molecule has 4 nitrogen and oxygen atoms in total. The molecule has 0 saturated heterocycles. The third kappa shape index (κ3) is 3.72. The van der Waals surface area contributed by atoms with Crippen LogP contribution in [0.25, 0.3) is 0 Å². The van der Waals surface area contributed by atoms with Gasteiger partial charge in [0, 0.05) is 13.1 Å². The van der Waals surface area contributed by atoms with E-state index in [1.54, 1.807) is 0 Å². The van der Waals surface area contributed by atoms with E-state index < -0.39 is 11.5 Å². The molecule has 1 fully saturated rings. The molecule has 1 unspecified atom stereocenters. The van der Waals surface area contributed by atoms with Gasteiger partial charge in [-0.25, -0.2) is 0 Å². The van der Waals surface area contributed by atoms with Crippen LogP contribution in [0, 0.1) is 5.41 Å². The van der Waals surface area contributed by atoms with Crippen LogP contribution in [-0.4, -0.2) is 24.1 Å². The molecule has 1 atom stereocenters. The number of benzene rings is 1. The molecule has 1 saturated carbocycles. The Morgan fingerprint density at radius 1 is 1.30 bits per heavy atom. The maximum Gasteiger partial charge on any atom is 0.227 e. The van der Waals surface area contributed by atoms with E-state index in [2.05, 4.69) is 5.32 Å². The van der Waals surface area contributed by atoms with Crippen molar-refractivity contribution in [1.82, 2.24) is 5.32 Å². The summed E-state index contributed by atoms with van der Waals surface area (Å²) in [6.45, 7) is 0.630. The van der Waals surface area contributed by atoms with Crippen molar-refractivity contribution < 1.29 is 9.90 Å². The van der Waals surface area contributed by atoms with Gasteiger partial charge in [-0.2, -0.15) is 0 Å². The molecule has 0 bridgehead atoms. The number of hydrogen-bond donors (Lipinski definition) is 3. The van der Waals surface area contributed by atoms with Crippen molar-refractivity contribution in [2.45, 2.75) is 31.8 Å². The SMILES string of the molecule is Cl.NCC1(C(=O)NCC(O)c2ccccc2)CCCC1. The van der Waals surface area contributed by atoms with Crippen LogP contribution >= 0.6 is 12.4 Å². The standard InChI is InChI=1S/C15H22N2O2.ClH/c16-11-15(8-4-5-9-15)14(19)17-10-13(18)12-6-2-1-3-7-12;/h1-3,6-7,13,18H,4-5,8-11,16H2,(H,17,19);1H. The van der Waals surface area contributed by atoms with Crippen LogP contribution in [0.3, 0.4) is 0 Å². The van der Waals surface area contributed by atoms with Gasteiger partial charge in [0.05, 0.1) is 11.5 Å². The van der Waals surface area contributed by atoms with E-state index in [0.717, 1.165) is 31.2 Å². The third-order valence-electron chi connectivity index (χ3n) is 4.07. The van der Waals surface area contributed by atoms with Gasteiger partial charge >= 0.3 is 0 Å². The molecule has 4 N–H and O–H groups in total. The van der Waals surface area contributed by atoms with Crippen LogP contribution in [0.1, 0.15) is 37.4 Å². The zero-order valence-corrected chi connectivity index (χ0v) is 12.4. The molecule has 1 aromatic carbocycles. The van der Waals surface area contributed by atoms with Crippen molar-refractivity contribution in [2.75, 3.05) is 13.1 Å². The van der Waals surface area contributed by atoms with Crippen molar-refractivity contribution >= 4 is 18.3 Å². The van der Waals surface area contributed by atoms with Gasteiger partial charge in [-0.05, 0) is 18.4 Å². The first kappa shape index (κ1) is 17.0. The van der Waals surface area contributed by atoms with Gasteiger partial charge in [0.25, 0.3) is 0 Å². The summed E-state index contributed by atoms with van der Waals surface area (Å²) in [5.74, 6) is -0.0116. The van der Waals surface area contributed by atoms with Crippen LogP contribution in [0.2, 0.25) is 0 Å². The van der Waals surface area contributed by atoms with Crippen molar-refractivity contribution in [2.24, 2.45) is 11.1 Å². The number of halogens is 1. The molecule has 0 radical (unpaired) electrons. The van der Waals surface area contributed by atoms with E-state index in [1.807, 2.05) is 30.3 Å². The van der Waals surface area contributed by atoms with Crippen molar-refractivity contribution in [3.8, 4) is 0 Å². The second-order valence-electron chi connectivity index (χ2n) is 5.33. The highest BCUT2D eigenvalue weighted by Gasteiger charge is 2.39. The van der Waals surface area contributed by atoms with Gasteiger partial charge in [-0.3, -0.25) is 4.79 Å². The number of nitrogens with two attached hydrogens (primary N) is 1. The van der Waals surface area contributed by atoms with Gasteiger partial charge in [0.1, 0.15) is 0 Å². The highest BCUT2D eigenvalue weighted by molar-refractivity contribution is 5.85. The average Bonchev–Trinajstić information content (AvgIpc) is 2.95. The first-order valence-corrected chi connectivity index (χ1v) is 6.89. The highest BCUT2D eigenvalue weighted by Crippen LogP contribution is 2.37. The van der Waals surface area contributed by atoms with Crippen LogP contribution in [-0.2, 0) is 4.79 Å². The molecular formula is C15H23ClN2O2. The minimum absolute atomic E-state index is 0. The van der Waals surface area contributed by atoms with Crippen LogP contribution in [0.5, 0.6) is 0 Å². The lowest BCUT2D eigenvalue weighted by molar-refractivity contribution is -0.130. The van der Waals surface area contributed by atoms with Gasteiger partial charge < -0.3 is 16.2 Å². The fraction of sp³-hybridized carbons (Fsp3) is 0.533. The van der Waals surface area contributed by atoms with Crippen LogP contribution < -0.4 is 11.1 Å². The Labute approximate surface area is 126 Å². The smallest absolute Gasteiger partial charge is 0.227 e. The fourth-order valence-corrected chi connectivity index (χ4v) is 2.75. The van der Waals surface area contributed by atoms with E-state index in [4.69, 9.17) is 5.73 Å². The minimum atomic E-state index is -0.665. The van der Waals surface area contributed by atoms with Crippen LogP contribution in [0.15, 0.2) is 30.3 Å². The van der Waals surface area contributed by atoms with E-state index in [-0.39, 0.29) is 24.9 Å². The molecule has 1 aliphatic rings. The van der Waals surface area contributed by atoms with Crippen molar-refractivity contribution in [3.05, 3.63) is 35.9 Å². The van der Waals surface area contributed by atoms with Gasteiger partial charge in [-0.1, -0.05) is 43.2 Å². The second-order valence-corrected chi connectivity index (χ2v) is 5.33. The summed E-state index contributed by atoms with van der Waals surface area (Å²) < 4.78 is 0. The topological polar surface area (TPSA) is 75.4 Å². The Morgan fingerprint density at radius 3 is 2.45 bits per heavy atom. The minimum Gasteiger partial charge on any atom is -0.387 e. The summed E-state index contributed by atoms with van der Waals surface area (Å²) >= 11 is 0. The number of aliphatic hydroxyl groups is 1. The molecule has 0 spiro atoms. The summed E-state index contributed by atoms with van der Waals surface area (Å²) in [7, 11) is 0. The predicted octanol–water partition coefficient (Wildman–Crippen LogP) is 1.78. The fourth-order valence-electron chi connectivity index (χ4n) is 2.75. The van der Waals surface area contributed by atoms with E-state index in [9.17, 15) is 9.90 Å². The Kier molecular flexibility index (Phi) is 6.46. The Hall–Kier alpha value is -1.10. The summed E-state index contributed by atoms with van der Waals surface area (Å²) in [4.78, 5) is 12.2. The summed E-state index contributed by atoms with van der Waals surface area (Å²) in [6.07, 6.45) is 3.17. The number of carbonyl (C=O) groups excluding carboxylic acids is 1. The molecule has 2 rings (SSSR count). The van der Waals surface area contributed by atoms with Crippen molar-refractivity contribution in [3.63, 3.8) is 0 Å². The average molecular weight is 299 g/mol. The van der Waals surface area contributed by atoms with Crippen molar-refractivity contribution in [1.29, 1.82) is 0 Å². The van der Waals surface area contributed by atoms with Gasteiger partial charge in [0.15, 0.2) is 0 Å². The maximum absolute atomic E-state index is 12.2. The second kappa shape index (κ2) is 7.62. The summed E-state index contributed by atoms with van der Waals surface area (Å²) in [5.41, 5.74) is 6.17. The molecule has 1 amide bonds. The lowest BCUT2D eigenvalue weighted by Crippen LogP contribution is -2.45. The van der Waals surface area contributed by atoms with Gasteiger partial charge in [0.2, 0.25) is 5.91 Å². The molecule has 0 aliphatic heterocycles. The number of aliphatic hydroxyl groups excluding tert-OH is 1. The van der Waals surface area contributed by atoms with E-state index >= 15 is 0 Å². The molecule has 112 valence electrons. The first-order chi connectivity index (χ1) is 9.18. The zero-order valence-electron chi connectivity index (χ0n) is 11.5. The monoisotopic (exact) mass is 298 g/mol. The molecule has 1 aliphatic carbocycles. The number of nitrogens with one attached hydrogen (secondary N) is 1. The van der Waals surface area contributed by atoms with Gasteiger partial charge in [-0.15, -0.1) is 12.4 Å². The van der Waals surface area contributed by atoms with E-state index in [0.29, 0.717) is 6.54 Å². The zero-order chi connectivity index (χ0) is 13.7. The molecule has 5 heteroatoms. The highest BCUT2D eigenvalue weighted by atomic mass is 35.5. The Morgan fingerprint density at radius 2 is 1.90 bits per heavy atom. The predicted molar refractivity (Wildman–Crippen MR) is 81.6 cm³/mol. The quantitative estimate of drug-likeness (QED) is 0.775. The first-order valence-electron chi connectivity index (χ1n) is 6.89. The largest absolute Gasteiger partial charge is 0.387 e. The number of amides is 1. The van der Waals surface area contributed by atoms with E-state index in [1.165, 1.54) is 0 Å². The molecule has 0 heterocycles. The number of rotatable bonds is 5. The van der Waals surface area contributed by atoms with Crippen LogP contribution in [0.4, 0.5) is 0 Å².